The van der Waals surface area contributed by atoms with E-state index in [2.05, 4.69) is 10.3 Å². The van der Waals surface area contributed by atoms with Gasteiger partial charge >= 0.3 is 6.03 Å². The molecule has 1 aliphatic carbocycles. The standard InChI is InChI=1S/C16H20N4O2/c21-16(20-7-8-22-11-14(20)13-1-2-13)18-10-12-3-5-19-6-4-17-15(19)9-12/h3-6,9,13-14H,1-2,7-8,10-11H2,(H,18,21)/t14-/m1/s1. The number of hydrogen-bond acceptors (Lipinski definition) is 3. The summed E-state index contributed by atoms with van der Waals surface area (Å²) in [5, 5.41) is 3.03. The van der Waals surface area contributed by atoms with Crippen molar-refractivity contribution in [3.63, 3.8) is 0 Å². The minimum absolute atomic E-state index is 0.0171. The quantitative estimate of drug-likeness (QED) is 0.938. The Morgan fingerprint density at radius 3 is 3.18 bits per heavy atom. The third-order valence-corrected chi connectivity index (χ3v) is 4.50. The van der Waals surface area contributed by atoms with Crippen LogP contribution in [0, 0.1) is 5.92 Å². The first-order valence-corrected chi connectivity index (χ1v) is 7.85. The highest BCUT2D eigenvalue weighted by Crippen LogP contribution is 2.36. The van der Waals surface area contributed by atoms with Crippen LogP contribution in [-0.4, -0.2) is 46.1 Å². The Morgan fingerprint density at radius 2 is 2.32 bits per heavy atom. The zero-order valence-corrected chi connectivity index (χ0v) is 12.4. The maximum atomic E-state index is 12.5. The van der Waals surface area contributed by atoms with E-state index in [4.69, 9.17) is 4.74 Å². The smallest absolute Gasteiger partial charge is 0.318 e. The summed E-state index contributed by atoms with van der Waals surface area (Å²) in [6.07, 6.45) is 8.07. The van der Waals surface area contributed by atoms with Gasteiger partial charge in [-0.25, -0.2) is 9.78 Å². The SMILES string of the molecule is O=C(NCc1ccn2ccnc2c1)N1CCOC[C@@H]1C1CC1. The average molecular weight is 300 g/mol. The van der Waals surface area contributed by atoms with E-state index < -0.39 is 0 Å². The Morgan fingerprint density at radius 1 is 1.41 bits per heavy atom. The number of nitrogens with one attached hydrogen (secondary N) is 1. The molecule has 6 nitrogen and oxygen atoms in total. The molecule has 6 heteroatoms. The van der Waals surface area contributed by atoms with Crippen molar-refractivity contribution in [2.75, 3.05) is 19.8 Å². The Balaban J connectivity index is 1.40. The second kappa shape index (κ2) is 5.61. The molecule has 2 aliphatic rings. The van der Waals surface area contributed by atoms with Gasteiger partial charge in [-0.1, -0.05) is 0 Å². The first kappa shape index (κ1) is 13.6. The average Bonchev–Trinajstić information content (AvgIpc) is 3.30. The van der Waals surface area contributed by atoms with Crippen molar-refractivity contribution >= 4 is 11.7 Å². The van der Waals surface area contributed by atoms with Gasteiger partial charge in [-0.3, -0.25) is 0 Å². The highest BCUT2D eigenvalue weighted by atomic mass is 16.5. The van der Waals surface area contributed by atoms with Crippen LogP contribution in [0.5, 0.6) is 0 Å². The minimum Gasteiger partial charge on any atom is -0.377 e. The van der Waals surface area contributed by atoms with Crippen LogP contribution >= 0.6 is 0 Å². The van der Waals surface area contributed by atoms with E-state index in [1.165, 1.54) is 12.8 Å². The van der Waals surface area contributed by atoms with Crippen molar-refractivity contribution < 1.29 is 9.53 Å². The first-order valence-electron chi connectivity index (χ1n) is 7.85. The number of hydrogen-bond donors (Lipinski definition) is 1. The number of morpholine rings is 1. The number of imidazole rings is 1. The highest BCUT2D eigenvalue weighted by Gasteiger charge is 2.39. The van der Waals surface area contributed by atoms with Gasteiger partial charge in [0.25, 0.3) is 0 Å². The number of amides is 2. The van der Waals surface area contributed by atoms with Gasteiger partial charge in [0.1, 0.15) is 5.65 Å². The topological polar surface area (TPSA) is 58.9 Å². The highest BCUT2D eigenvalue weighted by molar-refractivity contribution is 5.74. The molecule has 3 heterocycles. The van der Waals surface area contributed by atoms with E-state index in [0.29, 0.717) is 32.2 Å². The van der Waals surface area contributed by atoms with Crippen LogP contribution in [0.4, 0.5) is 4.79 Å². The Labute approximate surface area is 129 Å². The molecule has 1 saturated heterocycles. The summed E-state index contributed by atoms with van der Waals surface area (Å²) in [5.74, 6) is 0.632. The van der Waals surface area contributed by atoms with Gasteiger partial charge in [-0.15, -0.1) is 0 Å². The molecule has 1 saturated carbocycles. The number of ether oxygens (including phenoxy) is 1. The normalized spacial score (nSPS) is 22.0. The fraction of sp³-hybridized carbons (Fsp3) is 0.500. The van der Waals surface area contributed by atoms with Gasteiger partial charge in [-0.2, -0.15) is 0 Å². The second-order valence-corrected chi connectivity index (χ2v) is 6.06. The fourth-order valence-corrected chi connectivity index (χ4v) is 3.09. The summed E-state index contributed by atoms with van der Waals surface area (Å²) in [6.45, 7) is 2.53. The molecule has 0 spiro atoms. The fourth-order valence-electron chi connectivity index (χ4n) is 3.09. The van der Waals surface area contributed by atoms with Crippen LogP contribution in [-0.2, 0) is 11.3 Å². The summed E-state index contributed by atoms with van der Waals surface area (Å²) in [7, 11) is 0. The molecule has 0 bridgehead atoms. The molecule has 0 unspecified atom stereocenters. The molecule has 22 heavy (non-hydrogen) atoms. The number of aromatic nitrogens is 2. The lowest BCUT2D eigenvalue weighted by atomic mass is 10.1. The second-order valence-electron chi connectivity index (χ2n) is 6.06. The largest absolute Gasteiger partial charge is 0.377 e. The van der Waals surface area contributed by atoms with Crippen LogP contribution in [0.15, 0.2) is 30.7 Å². The number of carbonyl (C=O) groups is 1. The summed E-state index contributed by atoms with van der Waals surface area (Å²) >= 11 is 0. The van der Waals surface area contributed by atoms with Crippen molar-refractivity contribution in [1.82, 2.24) is 19.6 Å². The maximum Gasteiger partial charge on any atom is 0.318 e. The predicted octanol–water partition coefficient (Wildman–Crippen LogP) is 1.65. The molecule has 2 aromatic rings. The van der Waals surface area contributed by atoms with Crippen molar-refractivity contribution in [3.8, 4) is 0 Å². The molecule has 4 rings (SSSR count). The van der Waals surface area contributed by atoms with E-state index in [1.54, 1.807) is 6.20 Å². The lowest BCUT2D eigenvalue weighted by molar-refractivity contribution is 0.00463. The molecule has 0 aromatic carbocycles. The molecular formula is C16H20N4O2. The van der Waals surface area contributed by atoms with E-state index >= 15 is 0 Å². The number of rotatable bonds is 3. The zero-order valence-electron chi connectivity index (χ0n) is 12.4. The lowest BCUT2D eigenvalue weighted by Gasteiger charge is -2.35. The van der Waals surface area contributed by atoms with Crippen molar-refractivity contribution in [1.29, 1.82) is 0 Å². The molecule has 116 valence electrons. The van der Waals surface area contributed by atoms with E-state index in [0.717, 1.165) is 11.2 Å². The summed E-state index contributed by atoms with van der Waals surface area (Å²) < 4.78 is 7.49. The molecule has 2 fully saturated rings. The zero-order chi connectivity index (χ0) is 14.9. The molecule has 2 amide bonds. The third kappa shape index (κ3) is 2.66. The number of nitrogens with zero attached hydrogens (tertiary/aromatic N) is 3. The minimum atomic E-state index is 0.0171. The van der Waals surface area contributed by atoms with Crippen molar-refractivity contribution in [2.24, 2.45) is 5.92 Å². The Bertz CT molecular complexity index is 680. The monoisotopic (exact) mass is 300 g/mol. The van der Waals surface area contributed by atoms with Gasteiger partial charge in [0, 0.05) is 31.7 Å². The predicted molar refractivity (Wildman–Crippen MR) is 81.5 cm³/mol. The van der Waals surface area contributed by atoms with Gasteiger partial charge < -0.3 is 19.4 Å². The van der Waals surface area contributed by atoms with E-state index in [1.807, 2.05) is 33.8 Å². The molecule has 1 atom stereocenters. The van der Waals surface area contributed by atoms with Crippen LogP contribution in [0.1, 0.15) is 18.4 Å². The molecular weight excluding hydrogens is 280 g/mol. The van der Waals surface area contributed by atoms with Crippen LogP contribution in [0.3, 0.4) is 0 Å². The molecule has 0 radical (unpaired) electrons. The van der Waals surface area contributed by atoms with Crippen LogP contribution in [0.25, 0.3) is 5.65 Å². The number of urea groups is 1. The van der Waals surface area contributed by atoms with Crippen LogP contribution in [0.2, 0.25) is 0 Å². The van der Waals surface area contributed by atoms with E-state index in [-0.39, 0.29) is 12.1 Å². The Kier molecular flexibility index (Phi) is 3.46. The Hall–Kier alpha value is -2.08. The summed E-state index contributed by atoms with van der Waals surface area (Å²) in [6, 6.07) is 4.27. The van der Waals surface area contributed by atoms with Gasteiger partial charge in [0.2, 0.25) is 0 Å². The van der Waals surface area contributed by atoms with Crippen LogP contribution < -0.4 is 5.32 Å². The lowest BCUT2D eigenvalue weighted by Crippen LogP contribution is -2.53. The number of pyridine rings is 1. The van der Waals surface area contributed by atoms with Gasteiger partial charge in [-0.05, 0) is 36.5 Å². The summed E-state index contributed by atoms with van der Waals surface area (Å²) in [5.41, 5.74) is 1.96. The number of carbonyl (C=O) groups excluding carboxylic acids is 1. The third-order valence-electron chi connectivity index (χ3n) is 4.50. The molecule has 2 aromatic heterocycles. The molecule has 1 N–H and O–H groups in total. The first-order chi connectivity index (χ1) is 10.8. The van der Waals surface area contributed by atoms with E-state index in [9.17, 15) is 4.79 Å². The van der Waals surface area contributed by atoms with Crippen molar-refractivity contribution in [2.45, 2.75) is 25.4 Å². The van der Waals surface area contributed by atoms with Gasteiger partial charge in [0.15, 0.2) is 0 Å². The summed E-state index contributed by atoms with van der Waals surface area (Å²) in [4.78, 5) is 18.7. The molecule has 1 aliphatic heterocycles. The van der Waals surface area contributed by atoms with Gasteiger partial charge in [0.05, 0.1) is 19.3 Å². The maximum absolute atomic E-state index is 12.5. The van der Waals surface area contributed by atoms with Crippen molar-refractivity contribution in [3.05, 3.63) is 36.3 Å². The number of fused-ring (bicyclic) bond motifs is 1.